The summed E-state index contributed by atoms with van der Waals surface area (Å²) in [6, 6.07) is 0. The van der Waals surface area contributed by atoms with Crippen LogP contribution in [0.3, 0.4) is 0 Å². The van der Waals surface area contributed by atoms with Crippen molar-refractivity contribution < 1.29 is 9.53 Å². The van der Waals surface area contributed by atoms with Crippen molar-refractivity contribution in [2.24, 2.45) is 0 Å². The Morgan fingerprint density at radius 1 is 1.29 bits per heavy atom. The van der Waals surface area contributed by atoms with Gasteiger partial charge in [-0.05, 0) is 45.2 Å². The maximum atomic E-state index is 11.6. The number of carbonyl (C=O) groups excluding carboxylic acids is 1. The van der Waals surface area contributed by atoms with Crippen LogP contribution in [0.15, 0.2) is 12.7 Å². The molecule has 0 amide bonds. The first-order chi connectivity index (χ1) is 8.33. The van der Waals surface area contributed by atoms with Crippen molar-refractivity contribution in [2.75, 3.05) is 19.7 Å². The summed E-state index contributed by atoms with van der Waals surface area (Å²) in [5.41, 5.74) is 0. The molecule has 0 saturated carbocycles. The molecule has 1 saturated heterocycles. The van der Waals surface area contributed by atoms with Crippen LogP contribution in [0.4, 0.5) is 0 Å². The van der Waals surface area contributed by atoms with Gasteiger partial charge in [0.2, 0.25) is 0 Å². The molecule has 0 aromatic carbocycles. The third-order valence-electron chi connectivity index (χ3n) is 3.13. The molecule has 1 aliphatic rings. The lowest BCUT2D eigenvalue weighted by molar-refractivity contribution is -0.126. The van der Waals surface area contributed by atoms with Gasteiger partial charge < -0.3 is 10.1 Å². The van der Waals surface area contributed by atoms with Crippen LogP contribution >= 0.6 is 0 Å². The fourth-order valence-corrected chi connectivity index (χ4v) is 2.03. The smallest absolute Gasteiger partial charge is 0.158 e. The Kier molecular flexibility index (Phi) is 7.93. The molecule has 0 spiro atoms. The number of ether oxygens (including phenoxy) is 1. The lowest BCUT2D eigenvalue weighted by Gasteiger charge is -2.22. The minimum atomic E-state index is 0.252. The van der Waals surface area contributed by atoms with Crippen molar-refractivity contribution in [2.45, 2.75) is 51.0 Å². The summed E-state index contributed by atoms with van der Waals surface area (Å²) in [6.45, 7) is 6.02. The molecule has 17 heavy (non-hydrogen) atoms. The minimum absolute atomic E-state index is 0.252. The second kappa shape index (κ2) is 9.37. The van der Waals surface area contributed by atoms with Crippen LogP contribution in [-0.4, -0.2) is 31.6 Å². The molecule has 1 rings (SSSR count). The first kappa shape index (κ1) is 14.4. The van der Waals surface area contributed by atoms with Gasteiger partial charge in [0.05, 0.1) is 6.10 Å². The van der Waals surface area contributed by atoms with Crippen LogP contribution in [0.2, 0.25) is 0 Å². The third kappa shape index (κ3) is 7.29. The Bertz CT molecular complexity index is 222. The van der Waals surface area contributed by atoms with Gasteiger partial charge in [-0.1, -0.05) is 12.5 Å². The van der Waals surface area contributed by atoms with Crippen molar-refractivity contribution in [1.29, 1.82) is 0 Å². The molecule has 1 N–H and O–H groups in total. The van der Waals surface area contributed by atoms with E-state index in [4.69, 9.17) is 4.74 Å². The summed E-state index contributed by atoms with van der Waals surface area (Å²) in [4.78, 5) is 11.6. The summed E-state index contributed by atoms with van der Waals surface area (Å²) >= 11 is 0. The number of unbranched alkanes of at least 4 members (excludes halogenated alkanes) is 3. The molecular formula is C14H25NO2. The number of Topliss-reactive ketones (excluding diaryl/α,β-unsaturated/α-hetero) is 1. The van der Waals surface area contributed by atoms with Gasteiger partial charge >= 0.3 is 0 Å². The van der Waals surface area contributed by atoms with E-state index >= 15 is 0 Å². The first-order valence-electron chi connectivity index (χ1n) is 6.78. The number of rotatable bonds is 9. The Hall–Kier alpha value is -0.670. The van der Waals surface area contributed by atoms with Gasteiger partial charge in [-0.3, -0.25) is 4.79 Å². The molecule has 0 aliphatic carbocycles. The molecule has 0 unspecified atom stereocenters. The second-order valence-corrected chi connectivity index (χ2v) is 4.69. The number of carbonyl (C=O) groups is 1. The quantitative estimate of drug-likeness (QED) is 0.496. The highest BCUT2D eigenvalue weighted by atomic mass is 16.5. The summed E-state index contributed by atoms with van der Waals surface area (Å²) in [7, 11) is 0. The molecule has 98 valence electrons. The number of allylic oxidation sites excluding steroid dienone is 1. The van der Waals surface area contributed by atoms with Gasteiger partial charge in [-0.15, -0.1) is 6.58 Å². The Labute approximate surface area is 105 Å². The second-order valence-electron chi connectivity index (χ2n) is 4.69. The number of piperidine rings is 1. The highest BCUT2D eigenvalue weighted by molar-refractivity contribution is 5.79. The lowest BCUT2D eigenvalue weighted by Crippen LogP contribution is -2.33. The van der Waals surface area contributed by atoms with Crippen molar-refractivity contribution in [3.05, 3.63) is 12.7 Å². The Morgan fingerprint density at radius 3 is 2.76 bits per heavy atom. The summed E-state index contributed by atoms with van der Waals surface area (Å²) < 4.78 is 5.62. The molecule has 1 fully saturated rings. The summed E-state index contributed by atoms with van der Waals surface area (Å²) in [5.74, 6) is 0.252. The summed E-state index contributed by atoms with van der Waals surface area (Å²) in [5, 5.41) is 3.28. The Morgan fingerprint density at radius 2 is 2.06 bits per heavy atom. The van der Waals surface area contributed by atoms with Gasteiger partial charge in [0.1, 0.15) is 6.61 Å². The van der Waals surface area contributed by atoms with Crippen LogP contribution in [0.5, 0.6) is 0 Å². The number of hydrogen-bond acceptors (Lipinski definition) is 3. The minimum Gasteiger partial charge on any atom is -0.370 e. The molecule has 3 nitrogen and oxygen atoms in total. The molecule has 3 heteroatoms. The van der Waals surface area contributed by atoms with Crippen LogP contribution in [0, 0.1) is 0 Å². The zero-order valence-electron chi connectivity index (χ0n) is 10.7. The summed E-state index contributed by atoms with van der Waals surface area (Å²) in [6.07, 6.45) is 9.27. The van der Waals surface area contributed by atoms with E-state index in [9.17, 15) is 4.79 Å². The van der Waals surface area contributed by atoms with Gasteiger partial charge in [0.25, 0.3) is 0 Å². The largest absolute Gasteiger partial charge is 0.370 e. The van der Waals surface area contributed by atoms with Crippen molar-refractivity contribution in [3.8, 4) is 0 Å². The molecule has 0 atom stereocenters. The maximum absolute atomic E-state index is 11.6. The standard InChI is InChI=1S/C14H25NO2/c1-2-3-4-5-6-7-13(16)12-17-14-8-10-15-11-9-14/h2,14-15H,1,3-12H2. The zero-order chi connectivity index (χ0) is 12.3. The highest BCUT2D eigenvalue weighted by Gasteiger charge is 2.14. The number of hydrogen-bond donors (Lipinski definition) is 1. The van der Waals surface area contributed by atoms with Gasteiger partial charge in [0.15, 0.2) is 5.78 Å². The van der Waals surface area contributed by atoms with Crippen LogP contribution < -0.4 is 5.32 Å². The van der Waals surface area contributed by atoms with Crippen LogP contribution in [0.25, 0.3) is 0 Å². The van der Waals surface area contributed by atoms with Crippen molar-refractivity contribution >= 4 is 5.78 Å². The molecule has 0 radical (unpaired) electrons. The van der Waals surface area contributed by atoms with Gasteiger partial charge in [-0.2, -0.15) is 0 Å². The Balaban J connectivity index is 1.94. The van der Waals surface area contributed by atoms with E-state index in [0.29, 0.717) is 19.1 Å². The fourth-order valence-electron chi connectivity index (χ4n) is 2.03. The van der Waals surface area contributed by atoms with E-state index in [2.05, 4.69) is 11.9 Å². The predicted octanol–water partition coefficient (Wildman–Crippen LogP) is 2.46. The zero-order valence-corrected chi connectivity index (χ0v) is 10.7. The lowest BCUT2D eigenvalue weighted by atomic mass is 10.1. The number of nitrogens with one attached hydrogen (secondary N) is 1. The van der Waals surface area contributed by atoms with E-state index in [0.717, 1.165) is 51.6 Å². The van der Waals surface area contributed by atoms with Crippen molar-refractivity contribution in [1.82, 2.24) is 5.32 Å². The first-order valence-corrected chi connectivity index (χ1v) is 6.78. The van der Waals surface area contributed by atoms with E-state index in [-0.39, 0.29) is 5.78 Å². The van der Waals surface area contributed by atoms with Crippen LogP contribution in [-0.2, 0) is 9.53 Å². The van der Waals surface area contributed by atoms with Gasteiger partial charge in [-0.25, -0.2) is 0 Å². The molecule has 0 aromatic rings. The normalized spacial score (nSPS) is 16.9. The van der Waals surface area contributed by atoms with E-state index in [1.54, 1.807) is 0 Å². The number of ketones is 1. The van der Waals surface area contributed by atoms with E-state index in [1.165, 1.54) is 0 Å². The monoisotopic (exact) mass is 239 g/mol. The average Bonchev–Trinajstić information content (AvgIpc) is 2.37. The predicted molar refractivity (Wildman–Crippen MR) is 70.1 cm³/mol. The molecular weight excluding hydrogens is 214 g/mol. The molecule has 0 aromatic heterocycles. The van der Waals surface area contributed by atoms with Crippen LogP contribution in [0.1, 0.15) is 44.9 Å². The molecule has 0 bridgehead atoms. The van der Waals surface area contributed by atoms with E-state index < -0.39 is 0 Å². The van der Waals surface area contributed by atoms with Crippen molar-refractivity contribution in [3.63, 3.8) is 0 Å². The topological polar surface area (TPSA) is 38.3 Å². The third-order valence-corrected chi connectivity index (χ3v) is 3.13. The highest BCUT2D eigenvalue weighted by Crippen LogP contribution is 2.08. The SMILES string of the molecule is C=CCCCCCC(=O)COC1CCNCC1. The molecule has 1 heterocycles. The average molecular weight is 239 g/mol. The van der Waals surface area contributed by atoms with Gasteiger partial charge in [0, 0.05) is 6.42 Å². The molecule has 1 aliphatic heterocycles. The fraction of sp³-hybridized carbons (Fsp3) is 0.786. The van der Waals surface area contributed by atoms with E-state index in [1.807, 2.05) is 6.08 Å². The maximum Gasteiger partial charge on any atom is 0.158 e.